The third-order valence-corrected chi connectivity index (χ3v) is 6.44. The van der Waals surface area contributed by atoms with Crippen molar-refractivity contribution in [1.29, 1.82) is 0 Å². The molecule has 0 saturated heterocycles. The Bertz CT molecular complexity index is 1070. The zero-order valence-electron chi connectivity index (χ0n) is 23.2. The Morgan fingerprint density at radius 1 is 0.794 bits per heavy atom. The lowest BCUT2D eigenvalue weighted by atomic mass is 9.76. The third-order valence-electron chi connectivity index (χ3n) is 6.18. The number of halogens is 1. The predicted molar refractivity (Wildman–Crippen MR) is 144 cm³/mol. The number of ether oxygens (including phenoxy) is 1. The lowest BCUT2D eigenvalue weighted by Crippen LogP contribution is -2.24. The highest BCUT2D eigenvalue weighted by molar-refractivity contribution is 6.18. The fourth-order valence-corrected chi connectivity index (χ4v) is 4.52. The van der Waals surface area contributed by atoms with Crippen LogP contribution in [0.2, 0.25) is 0 Å². The van der Waals surface area contributed by atoms with E-state index in [1.807, 2.05) is 53.7 Å². The van der Waals surface area contributed by atoms with Gasteiger partial charge in [-0.25, -0.2) is 4.79 Å². The van der Waals surface area contributed by atoms with E-state index in [4.69, 9.17) is 16.3 Å². The lowest BCUT2D eigenvalue weighted by Gasteiger charge is -2.31. The van der Waals surface area contributed by atoms with E-state index in [0.29, 0.717) is 28.0 Å². The van der Waals surface area contributed by atoms with Crippen molar-refractivity contribution in [3.63, 3.8) is 0 Å². The summed E-state index contributed by atoms with van der Waals surface area (Å²) in [6.45, 7) is 25.0. The zero-order chi connectivity index (χ0) is 26.4. The Labute approximate surface area is 211 Å². The standard InChI is InChI=1S/C30H43ClO3/c1-27(2,3)18-13-14-23(21(15-18)28(4,5)6)34-26(33)19-16-22(29(7,8)9)25(32)24(20(19)17-31)30(10,11)12/h13-16,32H,17H2,1-12H3. The van der Waals surface area contributed by atoms with Crippen molar-refractivity contribution in [3.8, 4) is 11.5 Å². The van der Waals surface area contributed by atoms with Gasteiger partial charge in [-0.3, -0.25) is 0 Å². The highest BCUT2D eigenvalue weighted by atomic mass is 35.5. The highest BCUT2D eigenvalue weighted by Gasteiger charge is 2.33. The van der Waals surface area contributed by atoms with Gasteiger partial charge in [-0.15, -0.1) is 11.6 Å². The fraction of sp³-hybridized carbons (Fsp3) is 0.567. The summed E-state index contributed by atoms with van der Waals surface area (Å²) >= 11 is 6.38. The Balaban J connectivity index is 2.74. The third kappa shape index (κ3) is 5.97. The minimum absolute atomic E-state index is 0.0193. The van der Waals surface area contributed by atoms with Crippen LogP contribution in [-0.2, 0) is 27.5 Å². The largest absolute Gasteiger partial charge is 0.507 e. The number of hydrogen-bond donors (Lipinski definition) is 1. The Hall–Kier alpha value is -2.00. The van der Waals surface area contributed by atoms with Crippen LogP contribution in [0.4, 0.5) is 0 Å². The SMILES string of the molecule is CC(C)(C)c1ccc(OC(=O)c2cc(C(C)(C)C)c(O)c(C(C)(C)C)c2CCl)c(C(C)(C)C)c1. The molecular formula is C30H43ClO3. The number of hydrogen-bond acceptors (Lipinski definition) is 3. The molecule has 4 heteroatoms. The molecule has 0 amide bonds. The van der Waals surface area contributed by atoms with Gasteiger partial charge in [0, 0.05) is 22.6 Å². The van der Waals surface area contributed by atoms with E-state index < -0.39 is 11.4 Å². The molecule has 3 nitrogen and oxygen atoms in total. The minimum Gasteiger partial charge on any atom is -0.507 e. The Morgan fingerprint density at radius 3 is 1.74 bits per heavy atom. The molecular weight excluding hydrogens is 444 g/mol. The maximum absolute atomic E-state index is 13.7. The fourth-order valence-electron chi connectivity index (χ4n) is 4.24. The first kappa shape index (κ1) is 28.2. The first-order valence-electron chi connectivity index (χ1n) is 12.0. The normalized spacial score (nSPS) is 13.2. The molecule has 2 rings (SSSR count). The van der Waals surface area contributed by atoms with Crippen LogP contribution in [0.1, 0.15) is 121 Å². The molecule has 0 aliphatic carbocycles. The van der Waals surface area contributed by atoms with Gasteiger partial charge in [-0.1, -0.05) is 95.2 Å². The van der Waals surface area contributed by atoms with Gasteiger partial charge in [0.15, 0.2) is 0 Å². The summed E-state index contributed by atoms with van der Waals surface area (Å²) in [7, 11) is 0. The molecule has 2 aromatic rings. The average molecular weight is 487 g/mol. The molecule has 0 heterocycles. The molecule has 0 bridgehead atoms. The minimum atomic E-state index is -0.458. The number of aromatic hydroxyl groups is 1. The van der Waals surface area contributed by atoms with E-state index in [2.05, 4.69) is 47.6 Å². The van der Waals surface area contributed by atoms with E-state index in [-0.39, 0.29) is 27.9 Å². The van der Waals surface area contributed by atoms with Crippen LogP contribution in [0, 0.1) is 0 Å². The van der Waals surface area contributed by atoms with Gasteiger partial charge in [0.05, 0.1) is 5.56 Å². The Morgan fingerprint density at radius 2 is 1.32 bits per heavy atom. The van der Waals surface area contributed by atoms with Crippen molar-refractivity contribution in [2.24, 2.45) is 0 Å². The summed E-state index contributed by atoms with van der Waals surface area (Å²) in [5.41, 5.74) is 3.58. The molecule has 0 aromatic heterocycles. The number of phenolic OH excluding ortho intramolecular Hbond substituents is 1. The molecule has 1 N–H and O–H groups in total. The van der Waals surface area contributed by atoms with E-state index >= 15 is 0 Å². The van der Waals surface area contributed by atoms with Gasteiger partial charge in [0.1, 0.15) is 11.5 Å². The van der Waals surface area contributed by atoms with Crippen molar-refractivity contribution in [3.05, 3.63) is 57.6 Å². The first-order chi connectivity index (χ1) is 15.2. The van der Waals surface area contributed by atoms with Crippen molar-refractivity contribution < 1.29 is 14.6 Å². The van der Waals surface area contributed by atoms with Crippen molar-refractivity contribution in [1.82, 2.24) is 0 Å². The predicted octanol–water partition coefficient (Wildman–Crippen LogP) is 8.54. The molecule has 0 unspecified atom stereocenters. The van der Waals surface area contributed by atoms with Crippen molar-refractivity contribution in [2.45, 2.75) is 111 Å². The molecule has 34 heavy (non-hydrogen) atoms. The summed E-state index contributed by atoms with van der Waals surface area (Å²) in [5.74, 6) is 0.399. The lowest BCUT2D eigenvalue weighted by molar-refractivity contribution is 0.0730. The van der Waals surface area contributed by atoms with Crippen molar-refractivity contribution >= 4 is 17.6 Å². The molecule has 0 spiro atoms. The van der Waals surface area contributed by atoms with E-state index in [1.54, 1.807) is 6.07 Å². The van der Waals surface area contributed by atoms with E-state index in [9.17, 15) is 9.90 Å². The van der Waals surface area contributed by atoms with Crippen LogP contribution in [0.25, 0.3) is 0 Å². The highest BCUT2D eigenvalue weighted by Crippen LogP contribution is 2.44. The zero-order valence-corrected chi connectivity index (χ0v) is 23.9. The van der Waals surface area contributed by atoms with E-state index in [0.717, 1.165) is 5.56 Å². The van der Waals surface area contributed by atoms with Gasteiger partial charge < -0.3 is 9.84 Å². The van der Waals surface area contributed by atoms with Crippen LogP contribution in [0.15, 0.2) is 24.3 Å². The number of alkyl halides is 1. The second-order valence-electron chi connectivity index (χ2n) is 13.4. The molecule has 0 aliphatic rings. The van der Waals surface area contributed by atoms with Crippen LogP contribution in [-0.4, -0.2) is 11.1 Å². The van der Waals surface area contributed by atoms with Crippen LogP contribution >= 0.6 is 11.6 Å². The molecule has 2 aromatic carbocycles. The first-order valence-corrected chi connectivity index (χ1v) is 12.6. The summed E-state index contributed by atoms with van der Waals surface area (Å²) in [4.78, 5) is 13.7. The number of carbonyl (C=O) groups excluding carboxylic acids is 1. The second kappa shape index (κ2) is 9.22. The number of carbonyl (C=O) groups is 1. The van der Waals surface area contributed by atoms with Gasteiger partial charge >= 0.3 is 5.97 Å². The van der Waals surface area contributed by atoms with Crippen LogP contribution < -0.4 is 4.74 Å². The quantitative estimate of drug-likeness (QED) is 0.268. The van der Waals surface area contributed by atoms with Gasteiger partial charge in [-0.05, 0) is 44.9 Å². The van der Waals surface area contributed by atoms with Gasteiger partial charge in [-0.2, -0.15) is 0 Å². The summed E-state index contributed by atoms with van der Waals surface area (Å²) in [5, 5.41) is 11.2. The second-order valence-corrected chi connectivity index (χ2v) is 13.7. The van der Waals surface area contributed by atoms with E-state index in [1.165, 1.54) is 5.56 Å². The van der Waals surface area contributed by atoms with Gasteiger partial charge in [0.2, 0.25) is 0 Å². The van der Waals surface area contributed by atoms with Crippen LogP contribution in [0.5, 0.6) is 11.5 Å². The molecule has 0 aliphatic heterocycles. The maximum atomic E-state index is 13.7. The number of rotatable bonds is 3. The molecule has 0 saturated carbocycles. The average Bonchev–Trinajstić information content (AvgIpc) is 2.63. The number of benzene rings is 2. The summed E-state index contributed by atoms with van der Waals surface area (Å²) < 4.78 is 6.06. The number of esters is 1. The van der Waals surface area contributed by atoms with Gasteiger partial charge in [0.25, 0.3) is 0 Å². The Kier molecular flexibility index (Phi) is 7.66. The maximum Gasteiger partial charge on any atom is 0.343 e. The molecule has 188 valence electrons. The van der Waals surface area contributed by atoms with Crippen molar-refractivity contribution in [2.75, 3.05) is 0 Å². The smallest absolute Gasteiger partial charge is 0.343 e. The number of phenols is 1. The van der Waals surface area contributed by atoms with Crippen LogP contribution in [0.3, 0.4) is 0 Å². The molecule has 0 atom stereocenters. The summed E-state index contributed by atoms with van der Waals surface area (Å²) in [6.07, 6.45) is 0. The monoisotopic (exact) mass is 486 g/mol. The molecule has 0 fully saturated rings. The molecule has 0 radical (unpaired) electrons. The summed E-state index contributed by atoms with van der Waals surface area (Å²) in [6, 6.07) is 7.82. The topological polar surface area (TPSA) is 46.5 Å².